The van der Waals surface area contributed by atoms with E-state index in [9.17, 15) is 8.42 Å². The Kier molecular flexibility index (Phi) is 6.58. The largest absolute Gasteiger partial charge is 0.352 e. The lowest BCUT2D eigenvalue weighted by atomic mass is 10.1. The number of hydrogen-bond donors (Lipinski definition) is 2. The summed E-state index contributed by atoms with van der Waals surface area (Å²) in [6.07, 6.45) is 1.24. The maximum absolute atomic E-state index is 11.3. The van der Waals surface area contributed by atoms with Crippen molar-refractivity contribution in [1.29, 1.82) is 0 Å². The van der Waals surface area contributed by atoms with Crippen molar-refractivity contribution in [2.75, 3.05) is 13.3 Å². The predicted molar refractivity (Wildman–Crippen MR) is 103 cm³/mol. The Bertz CT molecular complexity index is 811. The van der Waals surface area contributed by atoms with Gasteiger partial charge < -0.3 is 10.6 Å². The number of sulfone groups is 1. The van der Waals surface area contributed by atoms with Gasteiger partial charge in [-0.15, -0.1) is 0 Å². The van der Waals surface area contributed by atoms with E-state index >= 15 is 0 Å². The SMILES string of the molecule is CN=C(NCc1ccc(C)cc1)NCc1ccc(CS(C)(=O)=O)cc1. The minimum absolute atomic E-state index is 0.0699. The van der Waals surface area contributed by atoms with Crippen molar-refractivity contribution in [2.45, 2.75) is 25.8 Å². The second kappa shape index (κ2) is 8.67. The number of aryl methyl sites for hydroxylation is 1. The molecule has 0 amide bonds. The highest BCUT2D eigenvalue weighted by atomic mass is 32.2. The van der Waals surface area contributed by atoms with Crippen LogP contribution in [0.15, 0.2) is 53.5 Å². The van der Waals surface area contributed by atoms with Gasteiger partial charge in [0.2, 0.25) is 0 Å². The molecule has 0 atom stereocenters. The second-order valence-electron chi connectivity index (χ2n) is 6.15. The fourth-order valence-electron chi connectivity index (χ4n) is 2.35. The molecule has 0 spiro atoms. The van der Waals surface area contributed by atoms with E-state index in [1.807, 2.05) is 24.3 Å². The number of rotatable bonds is 6. The lowest BCUT2D eigenvalue weighted by molar-refractivity contribution is 0.601. The number of benzene rings is 2. The van der Waals surface area contributed by atoms with Crippen molar-refractivity contribution in [1.82, 2.24) is 10.6 Å². The van der Waals surface area contributed by atoms with Crippen molar-refractivity contribution in [3.8, 4) is 0 Å². The smallest absolute Gasteiger partial charge is 0.191 e. The van der Waals surface area contributed by atoms with Gasteiger partial charge in [-0.1, -0.05) is 54.1 Å². The normalized spacial score (nSPS) is 12.0. The summed E-state index contributed by atoms with van der Waals surface area (Å²) in [5.74, 6) is 0.793. The van der Waals surface area contributed by atoms with E-state index in [0.717, 1.165) is 17.1 Å². The van der Waals surface area contributed by atoms with Crippen LogP contribution >= 0.6 is 0 Å². The topological polar surface area (TPSA) is 70.6 Å². The molecule has 0 heterocycles. The first-order valence-corrected chi connectivity index (χ1v) is 10.2. The van der Waals surface area contributed by atoms with E-state index in [-0.39, 0.29) is 5.75 Å². The summed E-state index contributed by atoms with van der Waals surface area (Å²) in [7, 11) is -1.27. The first kappa shape index (κ1) is 19.0. The average Bonchev–Trinajstić information content (AvgIpc) is 2.56. The summed E-state index contributed by atoms with van der Waals surface area (Å²) < 4.78 is 22.6. The molecule has 0 fully saturated rings. The van der Waals surface area contributed by atoms with Gasteiger partial charge in [0.15, 0.2) is 15.8 Å². The van der Waals surface area contributed by atoms with Crippen LogP contribution in [0.4, 0.5) is 0 Å². The van der Waals surface area contributed by atoms with Crippen molar-refractivity contribution >= 4 is 15.8 Å². The lowest BCUT2D eigenvalue weighted by Crippen LogP contribution is -2.36. The lowest BCUT2D eigenvalue weighted by Gasteiger charge is -2.12. The van der Waals surface area contributed by atoms with Gasteiger partial charge >= 0.3 is 0 Å². The first-order valence-electron chi connectivity index (χ1n) is 8.11. The minimum Gasteiger partial charge on any atom is -0.352 e. The molecule has 2 aromatic carbocycles. The van der Waals surface area contributed by atoms with Crippen molar-refractivity contribution < 1.29 is 8.42 Å². The van der Waals surface area contributed by atoms with Crippen LogP contribution < -0.4 is 10.6 Å². The average molecular weight is 359 g/mol. The number of aliphatic imine (C=N–C) groups is 1. The molecule has 6 heteroatoms. The van der Waals surface area contributed by atoms with E-state index in [4.69, 9.17) is 0 Å². The molecule has 0 saturated carbocycles. The molecule has 134 valence electrons. The zero-order chi connectivity index (χ0) is 18.3. The van der Waals surface area contributed by atoms with E-state index in [1.165, 1.54) is 17.4 Å². The van der Waals surface area contributed by atoms with E-state index in [2.05, 4.69) is 46.8 Å². The van der Waals surface area contributed by atoms with Gasteiger partial charge in [0, 0.05) is 26.4 Å². The molecule has 2 rings (SSSR count). The number of nitrogens with one attached hydrogen (secondary N) is 2. The molecule has 0 aliphatic carbocycles. The Morgan fingerprint density at radius 1 is 0.880 bits per heavy atom. The first-order chi connectivity index (χ1) is 11.9. The number of hydrogen-bond acceptors (Lipinski definition) is 3. The molecule has 0 saturated heterocycles. The van der Waals surface area contributed by atoms with Crippen LogP contribution in [-0.2, 0) is 28.7 Å². The third-order valence-corrected chi connectivity index (χ3v) is 4.57. The summed E-state index contributed by atoms with van der Waals surface area (Å²) in [5.41, 5.74) is 4.30. The van der Waals surface area contributed by atoms with E-state index in [0.29, 0.717) is 13.1 Å². The highest BCUT2D eigenvalue weighted by Crippen LogP contribution is 2.08. The standard InChI is InChI=1S/C19H25N3O2S/c1-15-4-6-16(7-5-15)12-21-19(20-2)22-13-17-8-10-18(11-9-17)14-25(3,23)24/h4-11H,12-14H2,1-3H3,(H2,20,21,22). The van der Waals surface area contributed by atoms with Gasteiger partial charge in [0.1, 0.15) is 0 Å². The van der Waals surface area contributed by atoms with Gasteiger partial charge in [-0.2, -0.15) is 0 Å². The molecule has 0 bridgehead atoms. The molecule has 2 N–H and O–H groups in total. The molecule has 2 aromatic rings. The fourth-order valence-corrected chi connectivity index (χ4v) is 3.15. The maximum Gasteiger partial charge on any atom is 0.191 e. The van der Waals surface area contributed by atoms with Crippen LogP contribution in [0.25, 0.3) is 0 Å². The Hall–Kier alpha value is -2.34. The Labute approximate surface area is 150 Å². The zero-order valence-corrected chi connectivity index (χ0v) is 15.7. The fraction of sp³-hybridized carbons (Fsp3) is 0.316. The third kappa shape index (κ3) is 6.97. The van der Waals surface area contributed by atoms with Crippen molar-refractivity contribution in [3.05, 3.63) is 70.8 Å². The van der Waals surface area contributed by atoms with Crippen LogP contribution in [0.2, 0.25) is 0 Å². The summed E-state index contributed by atoms with van der Waals surface area (Å²) >= 11 is 0. The molecular formula is C19H25N3O2S. The van der Waals surface area contributed by atoms with E-state index < -0.39 is 9.84 Å². The molecule has 0 radical (unpaired) electrons. The molecule has 0 aliphatic heterocycles. The van der Waals surface area contributed by atoms with Crippen LogP contribution in [0.5, 0.6) is 0 Å². The van der Waals surface area contributed by atoms with Crippen LogP contribution in [0, 0.1) is 6.92 Å². The molecule has 0 aromatic heterocycles. The number of guanidine groups is 1. The van der Waals surface area contributed by atoms with Crippen LogP contribution in [0.3, 0.4) is 0 Å². The molecule has 5 nitrogen and oxygen atoms in total. The van der Waals surface area contributed by atoms with Gasteiger partial charge in [-0.25, -0.2) is 8.42 Å². The van der Waals surface area contributed by atoms with E-state index in [1.54, 1.807) is 7.05 Å². The van der Waals surface area contributed by atoms with Crippen molar-refractivity contribution in [3.63, 3.8) is 0 Å². The predicted octanol–water partition coefficient (Wildman–Crippen LogP) is 2.40. The molecule has 0 aliphatic rings. The molecule has 0 unspecified atom stereocenters. The second-order valence-corrected chi connectivity index (χ2v) is 8.29. The minimum atomic E-state index is -3.00. The van der Waals surface area contributed by atoms with Crippen molar-refractivity contribution in [2.24, 2.45) is 4.99 Å². The van der Waals surface area contributed by atoms with Gasteiger partial charge in [-0.05, 0) is 23.6 Å². The Morgan fingerprint density at radius 2 is 1.32 bits per heavy atom. The third-order valence-electron chi connectivity index (χ3n) is 3.72. The van der Waals surface area contributed by atoms with Crippen LogP contribution in [-0.4, -0.2) is 27.7 Å². The highest BCUT2D eigenvalue weighted by Gasteiger charge is 2.04. The molecular weight excluding hydrogens is 334 g/mol. The number of nitrogens with zero attached hydrogens (tertiary/aromatic N) is 1. The maximum atomic E-state index is 11.3. The summed E-state index contributed by atoms with van der Waals surface area (Å²) in [6, 6.07) is 15.9. The Balaban J connectivity index is 1.85. The highest BCUT2D eigenvalue weighted by molar-refractivity contribution is 7.89. The zero-order valence-electron chi connectivity index (χ0n) is 14.9. The quantitative estimate of drug-likeness (QED) is 0.614. The van der Waals surface area contributed by atoms with Crippen LogP contribution in [0.1, 0.15) is 22.3 Å². The monoisotopic (exact) mass is 359 g/mol. The Morgan fingerprint density at radius 3 is 1.76 bits per heavy atom. The summed E-state index contributed by atoms with van der Waals surface area (Å²) in [6.45, 7) is 3.39. The van der Waals surface area contributed by atoms with Gasteiger partial charge in [-0.3, -0.25) is 4.99 Å². The summed E-state index contributed by atoms with van der Waals surface area (Å²) in [5, 5.41) is 6.53. The molecule has 25 heavy (non-hydrogen) atoms. The summed E-state index contributed by atoms with van der Waals surface area (Å²) in [4.78, 5) is 4.22. The van der Waals surface area contributed by atoms with Gasteiger partial charge in [0.05, 0.1) is 5.75 Å². The van der Waals surface area contributed by atoms with Gasteiger partial charge in [0.25, 0.3) is 0 Å².